The topological polar surface area (TPSA) is 26.5 Å². The van der Waals surface area contributed by atoms with E-state index in [9.17, 15) is 0 Å². The number of hydrogen-bond acceptors (Lipinski definition) is 1. The van der Waals surface area contributed by atoms with Crippen LogP contribution in [0.1, 0.15) is 32.6 Å². The predicted molar refractivity (Wildman–Crippen MR) is 40.7 cm³/mol. The first kappa shape index (κ1) is 5.96. The van der Waals surface area contributed by atoms with Crippen LogP contribution in [0.4, 0.5) is 0 Å². The molecule has 0 atom stereocenters. The molecule has 1 radical (unpaired) electrons. The normalized spacial score (nSPS) is 23.9. The number of rotatable bonds is 0. The Hall–Kier alpha value is -0.790. The Morgan fingerprint density at radius 2 is 2.00 bits per heavy atom. The molecule has 10 heavy (non-hydrogen) atoms. The molecule has 0 spiro atoms. The molecule has 0 aromatic rings. The summed E-state index contributed by atoms with van der Waals surface area (Å²) >= 11 is 0. The molecule has 53 valence electrons. The first-order chi connectivity index (χ1) is 4.88. The monoisotopic (exact) mass is 135 g/mol. The maximum Gasteiger partial charge on any atom is 0.0681 e. The largest absolute Gasteiger partial charge is 0.155 e. The molecule has 2 heteroatoms. The molecule has 0 saturated heterocycles. The van der Waals surface area contributed by atoms with E-state index in [0.717, 1.165) is 12.1 Å². The van der Waals surface area contributed by atoms with Crippen LogP contribution in [0.2, 0.25) is 0 Å². The summed E-state index contributed by atoms with van der Waals surface area (Å²) in [6, 6.07) is 0. The van der Waals surface area contributed by atoms with Crippen molar-refractivity contribution in [3.63, 3.8) is 0 Å². The minimum absolute atomic E-state index is 1.15. The zero-order valence-electron chi connectivity index (χ0n) is 6.22. The molecule has 1 aliphatic carbocycles. The van der Waals surface area contributed by atoms with Gasteiger partial charge in [0.1, 0.15) is 0 Å². The van der Waals surface area contributed by atoms with Crippen molar-refractivity contribution in [2.24, 2.45) is 5.10 Å². The van der Waals surface area contributed by atoms with Crippen molar-refractivity contribution in [3.05, 3.63) is 11.3 Å². The number of allylic oxidation sites excluding steroid dienone is 2. The predicted octanol–water partition coefficient (Wildman–Crippen LogP) is 1.81. The zero-order valence-corrected chi connectivity index (χ0v) is 6.22. The molecule has 0 bridgehead atoms. The third-order valence-corrected chi connectivity index (χ3v) is 2.20. The molecule has 0 aromatic carbocycles. The number of hydrogen-bond donors (Lipinski definition) is 0. The molecule has 1 heterocycles. The van der Waals surface area contributed by atoms with Crippen molar-refractivity contribution in [1.29, 1.82) is 0 Å². The smallest absolute Gasteiger partial charge is 0.0681 e. The van der Waals surface area contributed by atoms with Crippen LogP contribution >= 0.6 is 0 Å². The zero-order chi connectivity index (χ0) is 6.97. The SMILES string of the molecule is CC1=N[N]C2=C1CCCC2. The summed E-state index contributed by atoms with van der Waals surface area (Å²) in [4.78, 5) is 0. The van der Waals surface area contributed by atoms with Crippen molar-refractivity contribution in [2.75, 3.05) is 0 Å². The molecule has 1 aliphatic heterocycles. The maximum atomic E-state index is 4.11. The van der Waals surface area contributed by atoms with Crippen LogP contribution in [0.5, 0.6) is 0 Å². The minimum Gasteiger partial charge on any atom is -0.155 e. The van der Waals surface area contributed by atoms with Crippen molar-refractivity contribution in [3.8, 4) is 0 Å². The average Bonchev–Trinajstić information content (AvgIpc) is 2.34. The van der Waals surface area contributed by atoms with Gasteiger partial charge in [0, 0.05) is 0 Å². The van der Waals surface area contributed by atoms with Crippen LogP contribution in [0.25, 0.3) is 0 Å². The summed E-state index contributed by atoms with van der Waals surface area (Å²) < 4.78 is 0. The van der Waals surface area contributed by atoms with Crippen LogP contribution in [0.15, 0.2) is 16.4 Å². The van der Waals surface area contributed by atoms with Gasteiger partial charge in [0.05, 0.1) is 11.4 Å². The van der Waals surface area contributed by atoms with Crippen molar-refractivity contribution in [2.45, 2.75) is 32.6 Å². The van der Waals surface area contributed by atoms with Crippen LogP contribution in [-0.4, -0.2) is 5.71 Å². The summed E-state index contributed by atoms with van der Waals surface area (Å²) in [7, 11) is 0. The molecule has 0 aromatic heterocycles. The highest BCUT2D eigenvalue weighted by atomic mass is 15.3. The Morgan fingerprint density at radius 1 is 1.20 bits per heavy atom. The Bertz CT molecular complexity index is 213. The van der Waals surface area contributed by atoms with Crippen LogP contribution in [0.3, 0.4) is 0 Å². The van der Waals surface area contributed by atoms with Gasteiger partial charge in [0.25, 0.3) is 0 Å². The molecule has 0 N–H and O–H groups in total. The fraction of sp³-hybridized carbons (Fsp3) is 0.625. The molecule has 2 nitrogen and oxygen atoms in total. The summed E-state index contributed by atoms with van der Waals surface area (Å²) in [5.74, 6) is 0. The van der Waals surface area contributed by atoms with Gasteiger partial charge in [0.2, 0.25) is 0 Å². The lowest BCUT2D eigenvalue weighted by Gasteiger charge is -2.10. The van der Waals surface area contributed by atoms with Crippen molar-refractivity contribution >= 4 is 5.71 Å². The van der Waals surface area contributed by atoms with Gasteiger partial charge in [-0.3, -0.25) is 0 Å². The fourth-order valence-corrected chi connectivity index (χ4v) is 1.59. The van der Waals surface area contributed by atoms with Crippen molar-refractivity contribution < 1.29 is 0 Å². The van der Waals surface area contributed by atoms with E-state index in [1.165, 1.54) is 30.5 Å². The second-order valence-corrected chi connectivity index (χ2v) is 2.92. The minimum atomic E-state index is 1.15. The average molecular weight is 135 g/mol. The Kier molecular flexibility index (Phi) is 1.26. The van der Waals surface area contributed by atoms with E-state index in [2.05, 4.69) is 17.5 Å². The highest BCUT2D eigenvalue weighted by Gasteiger charge is 2.20. The molecular formula is C8H11N2. The lowest BCUT2D eigenvalue weighted by molar-refractivity contribution is 0.652. The van der Waals surface area contributed by atoms with E-state index in [4.69, 9.17) is 0 Å². The third kappa shape index (κ3) is 0.753. The molecule has 2 rings (SSSR count). The molecule has 0 fully saturated rings. The lowest BCUT2D eigenvalue weighted by Crippen LogP contribution is -2.03. The highest BCUT2D eigenvalue weighted by Crippen LogP contribution is 2.27. The van der Waals surface area contributed by atoms with E-state index in [0.29, 0.717) is 0 Å². The molecule has 0 unspecified atom stereocenters. The van der Waals surface area contributed by atoms with Gasteiger partial charge >= 0.3 is 0 Å². The van der Waals surface area contributed by atoms with E-state index in [1.807, 2.05) is 0 Å². The molecule has 2 aliphatic rings. The van der Waals surface area contributed by atoms with Crippen molar-refractivity contribution in [1.82, 2.24) is 5.43 Å². The first-order valence-corrected chi connectivity index (χ1v) is 3.85. The maximum absolute atomic E-state index is 4.11. The second kappa shape index (κ2) is 2.11. The van der Waals surface area contributed by atoms with Gasteiger partial charge in [-0.15, -0.1) is 0 Å². The summed E-state index contributed by atoms with van der Waals surface area (Å²) in [6.45, 7) is 2.05. The second-order valence-electron chi connectivity index (χ2n) is 2.92. The van der Waals surface area contributed by atoms with Gasteiger partial charge in [-0.05, 0) is 38.2 Å². The molecule has 0 amide bonds. The highest BCUT2D eigenvalue weighted by molar-refractivity contribution is 6.00. The fourth-order valence-electron chi connectivity index (χ4n) is 1.59. The Balaban J connectivity index is 2.28. The summed E-state index contributed by atoms with van der Waals surface area (Å²) in [6.07, 6.45) is 4.97. The standard InChI is InChI=1S/C8H11N2/c1-6-7-4-2-3-5-8(7)10-9-6/h2-5H2,1H3. The Labute approximate surface area is 61.0 Å². The van der Waals surface area contributed by atoms with Gasteiger partial charge < -0.3 is 0 Å². The van der Waals surface area contributed by atoms with Crippen LogP contribution < -0.4 is 5.43 Å². The van der Waals surface area contributed by atoms with Gasteiger partial charge in [0.15, 0.2) is 0 Å². The van der Waals surface area contributed by atoms with Gasteiger partial charge in [-0.2, -0.15) is 10.5 Å². The van der Waals surface area contributed by atoms with Gasteiger partial charge in [-0.25, -0.2) is 0 Å². The number of nitrogens with zero attached hydrogens (tertiary/aromatic N) is 2. The van der Waals surface area contributed by atoms with E-state index in [1.54, 1.807) is 0 Å². The molecule has 0 saturated carbocycles. The van der Waals surface area contributed by atoms with E-state index in [-0.39, 0.29) is 0 Å². The lowest BCUT2D eigenvalue weighted by atomic mass is 9.95. The molecular weight excluding hydrogens is 124 g/mol. The van der Waals surface area contributed by atoms with E-state index < -0.39 is 0 Å². The summed E-state index contributed by atoms with van der Waals surface area (Å²) in [5.41, 5.74) is 7.93. The van der Waals surface area contributed by atoms with Crippen LogP contribution in [0, 0.1) is 0 Å². The third-order valence-electron chi connectivity index (χ3n) is 2.20. The Morgan fingerprint density at radius 3 is 2.80 bits per heavy atom. The van der Waals surface area contributed by atoms with Crippen LogP contribution in [-0.2, 0) is 0 Å². The quantitative estimate of drug-likeness (QED) is 0.484. The van der Waals surface area contributed by atoms with E-state index >= 15 is 0 Å². The first-order valence-electron chi connectivity index (χ1n) is 3.85. The summed E-state index contributed by atoms with van der Waals surface area (Å²) in [5, 5.41) is 4.05. The van der Waals surface area contributed by atoms with Gasteiger partial charge in [-0.1, -0.05) is 0 Å².